The number of anilines is 1. The quantitative estimate of drug-likeness (QED) is 0.826. The Morgan fingerprint density at radius 1 is 1.21 bits per heavy atom. The molecule has 0 radical (unpaired) electrons. The van der Waals surface area contributed by atoms with Crippen molar-refractivity contribution in [1.29, 1.82) is 0 Å². The van der Waals surface area contributed by atoms with E-state index >= 15 is 0 Å². The molecule has 0 aliphatic carbocycles. The van der Waals surface area contributed by atoms with Crippen molar-refractivity contribution in [3.8, 4) is 0 Å². The second-order valence-corrected chi connectivity index (χ2v) is 4.46. The van der Waals surface area contributed by atoms with E-state index in [2.05, 4.69) is 21.8 Å². The van der Waals surface area contributed by atoms with Crippen LogP contribution in [0.1, 0.15) is 0 Å². The van der Waals surface area contributed by atoms with E-state index in [1.807, 2.05) is 18.2 Å². The van der Waals surface area contributed by atoms with E-state index in [9.17, 15) is 4.79 Å². The monoisotopic (exact) mass is 287 g/mol. The highest BCUT2D eigenvalue weighted by atomic mass is 35.5. The highest BCUT2D eigenvalue weighted by Crippen LogP contribution is 2.25. The molecule has 0 bridgehead atoms. The molecule has 0 unspecified atom stereocenters. The van der Waals surface area contributed by atoms with Crippen molar-refractivity contribution >= 4 is 29.2 Å². The molecule has 2 heterocycles. The summed E-state index contributed by atoms with van der Waals surface area (Å²) in [5.74, 6) is -0.387. The van der Waals surface area contributed by atoms with Gasteiger partial charge in [0.25, 0.3) is 0 Å². The second kappa shape index (κ2) is 6.10. The molecule has 3 rings (SSSR count). The number of fused-ring (bicyclic) bond motifs is 1. The van der Waals surface area contributed by atoms with Crippen LogP contribution < -0.4 is 10.7 Å². The van der Waals surface area contributed by atoms with Gasteiger partial charge in [-0.2, -0.15) is 0 Å². The molecule has 1 aliphatic heterocycles. The third kappa shape index (κ3) is 2.91. The van der Waals surface area contributed by atoms with Gasteiger partial charge in [0.05, 0.1) is 11.2 Å². The van der Waals surface area contributed by atoms with Crippen molar-refractivity contribution in [3.63, 3.8) is 0 Å². The van der Waals surface area contributed by atoms with Crippen LogP contribution in [0.2, 0.25) is 0 Å². The molecule has 0 atom stereocenters. The SMILES string of the molecule is CN1CCN(c2cccc3[nH]c(=O)oc23)CC1.Cl.O. The molecule has 0 spiro atoms. The molecule has 1 aromatic carbocycles. The van der Waals surface area contributed by atoms with Crippen molar-refractivity contribution in [2.75, 3.05) is 38.1 Å². The van der Waals surface area contributed by atoms with E-state index in [4.69, 9.17) is 4.42 Å². The lowest BCUT2D eigenvalue weighted by Gasteiger charge is -2.33. The normalized spacial score (nSPS) is 15.9. The number of hydrogen-bond acceptors (Lipinski definition) is 4. The molecule has 1 aromatic heterocycles. The number of halogens is 1. The van der Waals surface area contributed by atoms with Gasteiger partial charge >= 0.3 is 5.76 Å². The van der Waals surface area contributed by atoms with Crippen molar-refractivity contribution in [2.45, 2.75) is 0 Å². The van der Waals surface area contributed by atoms with Gasteiger partial charge < -0.3 is 19.7 Å². The van der Waals surface area contributed by atoms with Crippen molar-refractivity contribution in [2.24, 2.45) is 0 Å². The van der Waals surface area contributed by atoms with Crippen molar-refractivity contribution < 1.29 is 9.89 Å². The summed E-state index contributed by atoms with van der Waals surface area (Å²) in [6.07, 6.45) is 0. The van der Waals surface area contributed by atoms with E-state index in [0.29, 0.717) is 5.58 Å². The third-order valence-corrected chi connectivity index (χ3v) is 3.27. The molecule has 1 saturated heterocycles. The maximum atomic E-state index is 11.2. The Balaban J connectivity index is 0.000000902. The Labute approximate surface area is 116 Å². The lowest BCUT2D eigenvalue weighted by atomic mass is 10.2. The maximum absolute atomic E-state index is 11.2. The third-order valence-electron chi connectivity index (χ3n) is 3.27. The summed E-state index contributed by atoms with van der Waals surface area (Å²) in [5.41, 5.74) is 2.45. The zero-order valence-corrected chi connectivity index (χ0v) is 11.5. The summed E-state index contributed by atoms with van der Waals surface area (Å²) in [6, 6.07) is 5.81. The molecule has 1 aliphatic rings. The predicted octanol–water partition coefficient (Wildman–Crippen LogP) is 0.470. The van der Waals surface area contributed by atoms with Crippen LogP contribution in [0, 0.1) is 0 Å². The van der Waals surface area contributed by atoms with E-state index in [1.54, 1.807) is 0 Å². The smallest absolute Gasteiger partial charge is 0.412 e. The van der Waals surface area contributed by atoms with Crippen LogP contribution in [0.3, 0.4) is 0 Å². The number of piperazine rings is 1. The number of nitrogens with zero attached hydrogens (tertiary/aromatic N) is 2. The molecule has 6 nitrogen and oxygen atoms in total. The number of benzene rings is 1. The first-order valence-corrected chi connectivity index (χ1v) is 5.79. The zero-order chi connectivity index (χ0) is 11.8. The largest absolute Gasteiger partial charge is 0.417 e. The van der Waals surface area contributed by atoms with E-state index < -0.39 is 0 Å². The Bertz CT molecular complexity index is 587. The number of aromatic amines is 1. The first-order chi connectivity index (χ1) is 8.24. The molecule has 2 aromatic rings. The molecule has 7 heteroatoms. The maximum Gasteiger partial charge on any atom is 0.417 e. The number of likely N-dealkylation sites (N-methyl/N-ethyl adjacent to an activating group) is 1. The molecular weight excluding hydrogens is 270 g/mol. The molecule has 1 fully saturated rings. The molecular formula is C12H18ClN3O3. The Morgan fingerprint density at radius 3 is 2.58 bits per heavy atom. The number of aromatic nitrogens is 1. The van der Waals surface area contributed by atoms with Gasteiger partial charge in [0.2, 0.25) is 0 Å². The van der Waals surface area contributed by atoms with Crippen molar-refractivity contribution in [1.82, 2.24) is 9.88 Å². The minimum Gasteiger partial charge on any atom is -0.412 e. The standard InChI is InChI=1S/C12H15N3O2.ClH.H2O/c1-14-5-7-15(8-6-14)10-4-2-3-9-11(10)17-12(16)13-9;;/h2-4H,5-8H2,1H3,(H,13,16);1H;1H2. The van der Waals surface area contributed by atoms with Gasteiger partial charge in [-0.3, -0.25) is 4.98 Å². The van der Waals surface area contributed by atoms with Crippen LogP contribution in [-0.2, 0) is 0 Å². The fraction of sp³-hybridized carbons (Fsp3) is 0.417. The Morgan fingerprint density at radius 2 is 1.89 bits per heavy atom. The van der Waals surface area contributed by atoms with Crippen LogP contribution in [0.15, 0.2) is 27.4 Å². The molecule has 3 N–H and O–H groups in total. The highest BCUT2D eigenvalue weighted by molar-refractivity contribution is 5.86. The van der Waals surface area contributed by atoms with E-state index in [0.717, 1.165) is 37.4 Å². The van der Waals surface area contributed by atoms with Crippen LogP contribution in [0.25, 0.3) is 11.1 Å². The summed E-state index contributed by atoms with van der Waals surface area (Å²) in [5, 5.41) is 0. The topological polar surface area (TPSA) is 84.0 Å². The average molecular weight is 288 g/mol. The number of oxazole rings is 1. The van der Waals surface area contributed by atoms with Crippen LogP contribution in [0.5, 0.6) is 0 Å². The van der Waals surface area contributed by atoms with Gasteiger partial charge in [0, 0.05) is 26.2 Å². The zero-order valence-electron chi connectivity index (χ0n) is 10.7. The Hall–Kier alpha value is -1.50. The van der Waals surface area contributed by atoms with E-state index in [-0.39, 0.29) is 23.6 Å². The van der Waals surface area contributed by atoms with Gasteiger partial charge in [-0.25, -0.2) is 4.79 Å². The molecule has 106 valence electrons. The van der Waals surface area contributed by atoms with Crippen LogP contribution >= 0.6 is 12.4 Å². The van der Waals surface area contributed by atoms with Crippen molar-refractivity contribution in [3.05, 3.63) is 28.7 Å². The van der Waals surface area contributed by atoms with E-state index in [1.165, 1.54) is 0 Å². The molecule has 0 saturated carbocycles. The number of H-pyrrole nitrogens is 1. The fourth-order valence-corrected chi connectivity index (χ4v) is 2.26. The lowest BCUT2D eigenvalue weighted by molar-refractivity contribution is 0.313. The Kier molecular flexibility index (Phi) is 4.99. The molecule has 19 heavy (non-hydrogen) atoms. The highest BCUT2D eigenvalue weighted by Gasteiger charge is 2.18. The van der Waals surface area contributed by atoms with Gasteiger partial charge in [-0.1, -0.05) is 6.07 Å². The van der Waals surface area contributed by atoms with Crippen LogP contribution in [-0.4, -0.2) is 48.6 Å². The molecule has 0 amide bonds. The van der Waals surface area contributed by atoms with Gasteiger partial charge in [0.15, 0.2) is 5.58 Å². The fourth-order valence-electron chi connectivity index (χ4n) is 2.26. The number of hydrogen-bond donors (Lipinski definition) is 1. The van der Waals surface area contributed by atoms with Gasteiger partial charge in [-0.15, -0.1) is 12.4 Å². The summed E-state index contributed by atoms with van der Waals surface area (Å²) in [7, 11) is 2.12. The minimum atomic E-state index is -0.387. The predicted molar refractivity (Wildman–Crippen MR) is 77.4 cm³/mol. The second-order valence-electron chi connectivity index (χ2n) is 4.46. The minimum absolute atomic E-state index is 0. The number of rotatable bonds is 1. The summed E-state index contributed by atoms with van der Waals surface area (Å²) >= 11 is 0. The first-order valence-electron chi connectivity index (χ1n) is 5.79. The van der Waals surface area contributed by atoms with Gasteiger partial charge in [0.1, 0.15) is 0 Å². The summed E-state index contributed by atoms with van der Waals surface area (Å²) < 4.78 is 5.21. The number of nitrogens with one attached hydrogen (secondary N) is 1. The lowest BCUT2D eigenvalue weighted by Crippen LogP contribution is -2.44. The van der Waals surface area contributed by atoms with Crippen LogP contribution in [0.4, 0.5) is 5.69 Å². The average Bonchev–Trinajstić information content (AvgIpc) is 2.70. The van der Waals surface area contributed by atoms with Gasteiger partial charge in [-0.05, 0) is 19.2 Å². The number of para-hydroxylation sites is 1. The first kappa shape index (κ1) is 15.6. The summed E-state index contributed by atoms with van der Waals surface area (Å²) in [4.78, 5) is 18.5. The summed E-state index contributed by atoms with van der Waals surface area (Å²) in [6.45, 7) is 3.99.